The normalized spacial score (nSPS) is 10.8. The van der Waals surface area contributed by atoms with Gasteiger partial charge in [0.15, 0.2) is 5.82 Å². The third kappa shape index (κ3) is 8.70. The Morgan fingerprint density at radius 3 is 2.62 bits per heavy atom. The highest BCUT2D eigenvalue weighted by Gasteiger charge is 2.17. The monoisotopic (exact) mass is 337 g/mol. The second-order valence-corrected chi connectivity index (χ2v) is 6.59. The summed E-state index contributed by atoms with van der Waals surface area (Å²) in [6.07, 6.45) is 8.33. The lowest BCUT2D eigenvalue weighted by Crippen LogP contribution is -2.39. The van der Waals surface area contributed by atoms with E-state index in [0.717, 1.165) is 19.3 Å². The maximum absolute atomic E-state index is 12.4. The van der Waals surface area contributed by atoms with Gasteiger partial charge >= 0.3 is 0 Å². The van der Waals surface area contributed by atoms with Crippen molar-refractivity contribution in [2.45, 2.75) is 65.7 Å². The summed E-state index contributed by atoms with van der Waals surface area (Å²) in [5.41, 5.74) is 0. The molecule has 0 spiro atoms. The third-order valence-corrected chi connectivity index (χ3v) is 3.86. The van der Waals surface area contributed by atoms with Gasteiger partial charge in [0.05, 0.1) is 6.54 Å². The van der Waals surface area contributed by atoms with Gasteiger partial charge in [-0.1, -0.05) is 51.6 Å². The maximum atomic E-state index is 12.4. The molecule has 1 N–H and O–H groups in total. The first-order chi connectivity index (χ1) is 11.5. The first kappa shape index (κ1) is 20.2. The Morgan fingerprint density at radius 1 is 1.25 bits per heavy atom. The van der Waals surface area contributed by atoms with Crippen LogP contribution in [-0.4, -0.2) is 35.0 Å². The number of nitrogens with zero attached hydrogens (tertiary/aromatic N) is 2. The lowest BCUT2D eigenvalue weighted by molar-refractivity contribution is -0.135. The Morgan fingerprint density at radius 2 is 2.00 bits per heavy atom. The van der Waals surface area contributed by atoms with E-state index in [1.807, 2.05) is 0 Å². The van der Waals surface area contributed by atoms with Crippen molar-refractivity contribution in [3.8, 4) is 0 Å². The fourth-order valence-electron chi connectivity index (χ4n) is 2.38. The van der Waals surface area contributed by atoms with E-state index in [9.17, 15) is 9.59 Å². The van der Waals surface area contributed by atoms with Crippen LogP contribution in [-0.2, 0) is 9.59 Å². The summed E-state index contributed by atoms with van der Waals surface area (Å²) < 4.78 is 4.69. The van der Waals surface area contributed by atoms with E-state index in [0.29, 0.717) is 24.7 Å². The molecule has 0 aliphatic heterocycles. The molecule has 0 saturated carbocycles. The molecule has 0 aromatic carbocycles. The maximum Gasteiger partial charge on any atom is 0.245 e. The van der Waals surface area contributed by atoms with Crippen molar-refractivity contribution in [2.75, 3.05) is 18.4 Å². The van der Waals surface area contributed by atoms with Crippen LogP contribution in [0.4, 0.5) is 5.82 Å². The highest BCUT2D eigenvalue weighted by molar-refractivity contribution is 5.93. The Balaban J connectivity index is 2.45. The molecule has 0 aliphatic rings. The topological polar surface area (TPSA) is 75.4 Å². The molecule has 1 aromatic rings. The van der Waals surface area contributed by atoms with Gasteiger partial charge in [-0.15, -0.1) is 0 Å². The van der Waals surface area contributed by atoms with Crippen LogP contribution in [0.25, 0.3) is 0 Å². The zero-order valence-electron chi connectivity index (χ0n) is 15.2. The zero-order chi connectivity index (χ0) is 17.8. The minimum Gasteiger partial charge on any atom is -0.363 e. The van der Waals surface area contributed by atoms with Crippen molar-refractivity contribution in [1.82, 2.24) is 10.1 Å². The van der Waals surface area contributed by atoms with E-state index < -0.39 is 0 Å². The first-order valence-electron chi connectivity index (χ1n) is 9.01. The number of rotatable bonds is 12. The summed E-state index contributed by atoms with van der Waals surface area (Å²) in [5, 5.41) is 6.29. The molecule has 0 atom stereocenters. The zero-order valence-corrected chi connectivity index (χ0v) is 15.2. The standard InChI is InChI=1S/C18H31N3O3/c1-4-5-6-7-8-9-18(23)21(12-10-15(2)3)14-17(22)19-16-11-13-24-20-16/h11,13,15H,4-10,12,14H2,1-3H3,(H,19,20,22). The van der Waals surface area contributed by atoms with Crippen LogP contribution < -0.4 is 5.32 Å². The first-order valence-corrected chi connectivity index (χ1v) is 9.01. The number of anilines is 1. The number of nitrogens with one attached hydrogen (secondary N) is 1. The number of aromatic nitrogens is 1. The minimum atomic E-state index is -0.244. The molecule has 0 fully saturated rings. The van der Waals surface area contributed by atoms with E-state index in [2.05, 4.69) is 35.8 Å². The van der Waals surface area contributed by atoms with Crippen molar-refractivity contribution < 1.29 is 14.1 Å². The summed E-state index contributed by atoms with van der Waals surface area (Å²) in [6.45, 7) is 7.07. The summed E-state index contributed by atoms with van der Waals surface area (Å²) in [5.74, 6) is 0.675. The number of amides is 2. The Bertz CT molecular complexity index is 472. The van der Waals surface area contributed by atoms with Crippen LogP contribution in [0.15, 0.2) is 16.9 Å². The van der Waals surface area contributed by atoms with Gasteiger partial charge in [0, 0.05) is 19.0 Å². The van der Waals surface area contributed by atoms with E-state index in [4.69, 9.17) is 0 Å². The molecule has 6 heteroatoms. The van der Waals surface area contributed by atoms with Crippen molar-refractivity contribution in [2.24, 2.45) is 5.92 Å². The summed E-state index contributed by atoms with van der Waals surface area (Å²) >= 11 is 0. The van der Waals surface area contributed by atoms with Crippen molar-refractivity contribution in [1.29, 1.82) is 0 Å². The molecule has 0 unspecified atom stereocenters. The molecule has 0 aliphatic carbocycles. The van der Waals surface area contributed by atoms with Gasteiger partial charge < -0.3 is 14.7 Å². The van der Waals surface area contributed by atoms with Crippen molar-refractivity contribution in [3.05, 3.63) is 12.3 Å². The molecule has 1 aromatic heterocycles. The molecule has 0 bridgehead atoms. The SMILES string of the molecule is CCCCCCCC(=O)N(CCC(C)C)CC(=O)Nc1ccon1. The van der Waals surface area contributed by atoms with Crippen LogP contribution >= 0.6 is 0 Å². The van der Waals surface area contributed by atoms with Crippen LogP contribution in [0, 0.1) is 5.92 Å². The second kappa shape index (κ2) is 11.6. The van der Waals surface area contributed by atoms with E-state index in [1.165, 1.54) is 25.5 Å². The lowest BCUT2D eigenvalue weighted by atomic mass is 10.1. The van der Waals surface area contributed by atoms with Crippen LogP contribution in [0.1, 0.15) is 65.7 Å². The van der Waals surface area contributed by atoms with Crippen molar-refractivity contribution in [3.63, 3.8) is 0 Å². The molecule has 0 radical (unpaired) electrons. The molecule has 2 amide bonds. The number of hydrogen-bond donors (Lipinski definition) is 1. The number of unbranched alkanes of at least 4 members (excludes halogenated alkanes) is 4. The fraction of sp³-hybridized carbons (Fsp3) is 0.722. The summed E-state index contributed by atoms with van der Waals surface area (Å²) in [6, 6.07) is 1.58. The van der Waals surface area contributed by atoms with Gasteiger partial charge in [-0.05, 0) is 18.8 Å². The predicted octanol–water partition coefficient (Wildman–Crippen LogP) is 3.85. The fourth-order valence-corrected chi connectivity index (χ4v) is 2.38. The van der Waals surface area contributed by atoms with E-state index in [1.54, 1.807) is 11.0 Å². The number of carbonyl (C=O) groups excluding carboxylic acids is 2. The van der Waals surface area contributed by atoms with Gasteiger partial charge in [0.2, 0.25) is 11.8 Å². The highest BCUT2D eigenvalue weighted by Crippen LogP contribution is 2.10. The Labute approximate surface area is 145 Å². The molecule has 1 rings (SSSR count). The summed E-state index contributed by atoms with van der Waals surface area (Å²) in [4.78, 5) is 26.2. The highest BCUT2D eigenvalue weighted by atomic mass is 16.5. The quantitative estimate of drug-likeness (QED) is 0.588. The van der Waals surface area contributed by atoms with Crippen LogP contribution in [0.2, 0.25) is 0 Å². The molecule has 136 valence electrons. The third-order valence-electron chi connectivity index (χ3n) is 3.86. The molecule has 0 saturated heterocycles. The van der Waals surface area contributed by atoms with Gasteiger partial charge in [-0.3, -0.25) is 9.59 Å². The second-order valence-electron chi connectivity index (χ2n) is 6.59. The van der Waals surface area contributed by atoms with Gasteiger partial charge in [0.25, 0.3) is 0 Å². The summed E-state index contributed by atoms with van der Waals surface area (Å²) in [7, 11) is 0. The Kier molecular flexibility index (Phi) is 9.80. The Hall–Kier alpha value is -1.85. The van der Waals surface area contributed by atoms with Gasteiger partial charge in [0.1, 0.15) is 6.26 Å². The molecular weight excluding hydrogens is 306 g/mol. The van der Waals surface area contributed by atoms with Crippen LogP contribution in [0.3, 0.4) is 0 Å². The molecule has 6 nitrogen and oxygen atoms in total. The molecular formula is C18H31N3O3. The number of hydrogen-bond acceptors (Lipinski definition) is 4. The average Bonchev–Trinajstić information content (AvgIpc) is 3.03. The van der Waals surface area contributed by atoms with E-state index >= 15 is 0 Å². The van der Waals surface area contributed by atoms with E-state index in [-0.39, 0.29) is 18.4 Å². The lowest BCUT2D eigenvalue weighted by Gasteiger charge is -2.23. The molecule has 1 heterocycles. The van der Waals surface area contributed by atoms with Crippen LogP contribution in [0.5, 0.6) is 0 Å². The minimum absolute atomic E-state index is 0.0578. The van der Waals surface area contributed by atoms with Crippen molar-refractivity contribution >= 4 is 17.6 Å². The molecule has 24 heavy (non-hydrogen) atoms. The largest absolute Gasteiger partial charge is 0.363 e. The smallest absolute Gasteiger partial charge is 0.245 e. The van der Waals surface area contributed by atoms with Gasteiger partial charge in [-0.25, -0.2) is 0 Å². The number of carbonyl (C=O) groups is 2. The predicted molar refractivity (Wildman–Crippen MR) is 94.5 cm³/mol. The van der Waals surface area contributed by atoms with Gasteiger partial charge in [-0.2, -0.15) is 0 Å². The average molecular weight is 337 g/mol.